The van der Waals surface area contributed by atoms with Crippen LogP contribution in [0.25, 0.3) is 0 Å². The molecule has 0 aromatic heterocycles. The first-order valence-electron chi connectivity index (χ1n) is 12.7. The molecule has 0 fully saturated rings. The molecule has 8 nitrogen and oxygen atoms in total. The number of hydrazone groups is 2. The van der Waals surface area contributed by atoms with Gasteiger partial charge in [-0.25, -0.2) is 0 Å². The summed E-state index contributed by atoms with van der Waals surface area (Å²) in [7, 11) is 0. The van der Waals surface area contributed by atoms with Crippen molar-refractivity contribution in [1.29, 1.82) is 0 Å². The molecule has 0 radical (unpaired) electrons. The Morgan fingerprint density at radius 1 is 0.375 bits per heavy atom. The molecule has 5 rings (SSSR count). The molecular formula is C32H26N8. The van der Waals surface area contributed by atoms with Crippen molar-refractivity contribution in [1.82, 2.24) is 0 Å². The Bertz CT molecular complexity index is 1470. The number of para-hydroxylation sites is 2. The fourth-order valence-corrected chi connectivity index (χ4v) is 3.52. The second kappa shape index (κ2) is 13.7. The van der Waals surface area contributed by atoms with Crippen LogP contribution in [0.15, 0.2) is 176 Å². The quantitative estimate of drug-likeness (QED) is 0.0921. The summed E-state index contributed by atoms with van der Waals surface area (Å²) in [5.41, 5.74) is 10.8. The van der Waals surface area contributed by atoms with E-state index in [1.165, 1.54) is 0 Å². The van der Waals surface area contributed by atoms with Crippen LogP contribution < -0.4 is 10.9 Å². The van der Waals surface area contributed by atoms with Crippen molar-refractivity contribution in [2.45, 2.75) is 0 Å². The summed E-state index contributed by atoms with van der Waals surface area (Å²) in [6.45, 7) is 0. The predicted octanol–water partition coefficient (Wildman–Crippen LogP) is 8.80. The minimum atomic E-state index is 0.422. The van der Waals surface area contributed by atoms with Gasteiger partial charge in [0.1, 0.15) is 0 Å². The smallest absolute Gasteiger partial charge is 0.201 e. The monoisotopic (exact) mass is 522 g/mol. The van der Waals surface area contributed by atoms with Gasteiger partial charge in [-0.15, -0.1) is 20.5 Å². The number of hydrogen-bond acceptors (Lipinski definition) is 6. The molecule has 0 aliphatic rings. The molecule has 194 valence electrons. The van der Waals surface area contributed by atoms with E-state index in [2.05, 4.69) is 41.5 Å². The highest BCUT2D eigenvalue weighted by molar-refractivity contribution is 6.03. The van der Waals surface area contributed by atoms with Gasteiger partial charge in [-0.1, -0.05) is 97.1 Å². The van der Waals surface area contributed by atoms with Crippen molar-refractivity contribution in [3.05, 3.63) is 157 Å². The predicted molar refractivity (Wildman–Crippen MR) is 162 cm³/mol. The Hall–Kier alpha value is -5.76. The third kappa shape index (κ3) is 7.62. The van der Waals surface area contributed by atoms with Crippen molar-refractivity contribution in [2.24, 2.45) is 30.7 Å². The fourth-order valence-electron chi connectivity index (χ4n) is 3.52. The Kier molecular flexibility index (Phi) is 8.85. The van der Waals surface area contributed by atoms with Crippen LogP contribution in [0.4, 0.5) is 22.7 Å². The first kappa shape index (κ1) is 25.9. The van der Waals surface area contributed by atoms with Gasteiger partial charge in [0.15, 0.2) is 0 Å². The van der Waals surface area contributed by atoms with Crippen molar-refractivity contribution >= 4 is 34.4 Å². The van der Waals surface area contributed by atoms with Crippen LogP contribution >= 0.6 is 0 Å². The van der Waals surface area contributed by atoms with E-state index in [1.54, 1.807) is 0 Å². The Morgan fingerprint density at radius 3 is 1.05 bits per heavy atom. The van der Waals surface area contributed by atoms with Gasteiger partial charge in [0.25, 0.3) is 0 Å². The van der Waals surface area contributed by atoms with Gasteiger partial charge in [-0.3, -0.25) is 10.9 Å². The summed E-state index contributed by atoms with van der Waals surface area (Å²) in [6.07, 6.45) is 0. The summed E-state index contributed by atoms with van der Waals surface area (Å²) in [5, 5.41) is 26.7. The SMILES string of the molecule is c1ccc(N=N/C(=N\Nc2ccccc2)c2ccc(/C(N=Nc3ccccc3)=N/Nc3ccccc3)cc2)cc1. The standard InChI is InChI=1S/C32H26N8/c1-5-13-27(14-6-1)33-37-31(38-34-28-15-7-2-8-16-28)25-21-23-26(24-22-25)32(39-35-29-17-9-3-10-18-29)40-36-30-19-11-4-12-20-30/h1-24,33,35H/b37-31-,38-34?,39-32-,40-36?. The lowest BCUT2D eigenvalue weighted by molar-refractivity contribution is 1.22. The normalized spacial score (nSPS) is 12.1. The summed E-state index contributed by atoms with van der Waals surface area (Å²) >= 11 is 0. The second-order valence-corrected chi connectivity index (χ2v) is 8.47. The maximum absolute atomic E-state index is 4.53. The summed E-state index contributed by atoms with van der Waals surface area (Å²) in [4.78, 5) is 0. The molecule has 0 atom stereocenters. The van der Waals surface area contributed by atoms with Crippen molar-refractivity contribution in [2.75, 3.05) is 10.9 Å². The molecule has 0 saturated carbocycles. The lowest BCUT2D eigenvalue weighted by atomic mass is 10.1. The molecule has 0 saturated heterocycles. The van der Waals surface area contributed by atoms with E-state index in [0.29, 0.717) is 11.7 Å². The molecule has 5 aromatic carbocycles. The molecule has 8 heteroatoms. The number of hydrogen-bond donors (Lipinski definition) is 2. The average Bonchev–Trinajstić information content (AvgIpc) is 3.03. The van der Waals surface area contributed by atoms with Crippen LogP contribution in [0.2, 0.25) is 0 Å². The van der Waals surface area contributed by atoms with E-state index in [9.17, 15) is 0 Å². The Morgan fingerprint density at radius 2 is 0.700 bits per heavy atom. The molecule has 0 heterocycles. The lowest BCUT2D eigenvalue weighted by Gasteiger charge is -2.06. The number of benzene rings is 5. The third-order valence-electron chi connectivity index (χ3n) is 5.56. The van der Waals surface area contributed by atoms with Gasteiger partial charge in [0.2, 0.25) is 11.7 Å². The maximum Gasteiger partial charge on any atom is 0.201 e. The molecular weight excluding hydrogens is 496 g/mol. The average molecular weight is 523 g/mol. The second-order valence-electron chi connectivity index (χ2n) is 8.47. The van der Waals surface area contributed by atoms with Crippen LogP contribution in [0.3, 0.4) is 0 Å². The molecule has 0 aliphatic heterocycles. The topological polar surface area (TPSA) is 98.2 Å². The van der Waals surface area contributed by atoms with Gasteiger partial charge in [-0.2, -0.15) is 10.2 Å². The van der Waals surface area contributed by atoms with Crippen LogP contribution in [0.1, 0.15) is 11.1 Å². The fraction of sp³-hybridized carbons (Fsp3) is 0. The van der Waals surface area contributed by atoms with Gasteiger partial charge in [0.05, 0.1) is 22.7 Å². The van der Waals surface area contributed by atoms with E-state index in [4.69, 9.17) is 0 Å². The van der Waals surface area contributed by atoms with E-state index in [-0.39, 0.29) is 0 Å². The van der Waals surface area contributed by atoms with Crippen molar-refractivity contribution < 1.29 is 0 Å². The zero-order valence-electron chi connectivity index (χ0n) is 21.5. The number of azo groups is 2. The Labute approximate surface area is 232 Å². The third-order valence-corrected chi connectivity index (χ3v) is 5.56. The minimum absolute atomic E-state index is 0.422. The summed E-state index contributed by atoms with van der Waals surface area (Å²) < 4.78 is 0. The number of nitrogens with zero attached hydrogens (tertiary/aromatic N) is 6. The molecule has 40 heavy (non-hydrogen) atoms. The number of nitrogens with one attached hydrogen (secondary N) is 2. The van der Waals surface area contributed by atoms with E-state index in [1.807, 2.05) is 146 Å². The van der Waals surface area contributed by atoms with Crippen LogP contribution in [0.5, 0.6) is 0 Å². The molecule has 2 N–H and O–H groups in total. The van der Waals surface area contributed by atoms with E-state index >= 15 is 0 Å². The number of anilines is 2. The highest BCUT2D eigenvalue weighted by Gasteiger charge is 2.08. The number of amidine groups is 2. The van der Waals surface area contributed by atoms with Gasteiger partial charge >= 0.3 is 0 Å². The maximum atomic E-state index is 4.53. The highest BCUT2D eigenvalue weighted by Crippen LogP contribution is 2.17. The molecule has 0 unspecified atom stereocenters. The van der Waals surface area contributed by atoms with Crippen LogP contribution in [-0.2, 0) is 0 Å². The van der Waals surface area contributed by atoms with Crippen LogP contribution in [-0.4, -0.2) is 11.7 Å². The molecule has 0 aliphatic carbocycles. The van der Waals surface area contributed by atoms with Gasteiger partial charge in [0, 0.05) is 11.1 Å². The largest absolute Gasteiger partial charge is 0.276 e. The van der Waals surface area contributed by atoms with E-state index < -0.39 is 0 Å². The van der Waals surface area contributed by atoms with Crippen molar-refractivity contribution in [3.63, 3.8) is 0 Å². The summed E-state index contributed by atoms with van der Waals surface area (Å²) in [6, 6.07) is 46.0. The molecule has 0 amide bonds. The Balaban J connectivity index is 1.44. The zero-order valence-corrected chi connectivity index (χ0v) is 21.5. The van der Waals surface area contributed by atoms with Crippen LogP contribution in [0, 0.1) is 0 Å². The van der Waals surface area contributed by atoms with Gasteiger partial charge < -0.3 is 0 Å². The van der Waals surface area contributed by atoms with E-state index in [0.717, 1.165) is 33.9 Å². The zero-order chi connectivity index (χ0) is 27.2. The lowest BCUT2D eigenvalue weighted by Crippen LogP contribution is -2.04. The first-order valence-corrected chi connectivity index (χ1v) is 12.7. The highest BCUT2D eigenvalue weighted by atomic mass is 15.3. The molecule has 5 aromatic rings. The summed E-state index contributed by atoms with van der Waals surface area (Å²) in [5.74, 6) is 0.845. The first-order chi connectivity index (χ1) is 19.8. The molecule has 0 bridgehead atoms. The van der Waals surface area contributed by atoms with Gasteiger partial charge in [-0.05, 0) is 48.5 Å². The van der Waals surface area contributed by atoms with Crippen molar-refractivity contribution in [3.8, 4) is 0 Å². The molecule has 0 spiro atoms. The minimum Gasteiger partial charge on any atom is -0.276 e. The number of rotatable bonds is 8.